The van der Waals surface area contributed by atoms with Crippen molar-refractivity contribution in [3.8, 4) is 0 Å². The molecule has 0 spiro atoms. The molecule has 4 rings (SSSR count). The van der Waals surface area contributed by atoms with E-state index in [-0.39, 0.29) is 35.3 Å². The fourth-order valence-electron chi connectivity index (χ4n) is 4.91. The molecular formula is C21H26N4O5S. The molecular weight excluding hydrogens is 420 g/mol. The maximum absolute atomic E-state index is 12.5. The van der Waals surface area contributed by atoms with Gasteiger partial charge in [0, 0.05) is 29.6 Å². The van der Waals surface area contributed by atoms with Gasteiger partial charge in [0.05, 0.1) is 18.1 Å². The molecule has 2 fully saturated rings. The Balaban J connectivity index is 1.55. The predicted octanol–water partition coefficient (Wildman–Crippen LogP) is 0.989. The highest BCUT2D eigenvalue weighted by atomic mass is 32.2. The average molecular weight is 447 g/mol. The number of carboxylic acid groups (broad SMARTS) is 1. The Kier molecular flexibility index (Phi) is 5.80. The second kappa shape index (κ2) is 8.25. The van der Waals surface area contributed by atoms with Crippen molar-refractivity contribution in [2.75, 3.05) is 6.54 Å². The van der Waals surface area contributed by atoms with Crippen LogP contribution in [0.1, 0.15) is 42.7 Å². The van der Waals surface area contributed by atoms with Crippen molar-refractivity contribution in [1.82, 2.24) is 14.2 Å². The van der Waals surface area contributed by atoms with E-state index in [4.69, 9.17) is 5.73 Å². The van der Waals surface area contributed by atoms with E-state index in [1.54, 1.807) is 19.2 Å². The Labute approximate surface area is 184 Å². The number of aliphatic carboxylic acids is 1. The quantitative estimate of drug-likeness (QED) is 0.417. The van der Waals surface area contributed by atoms with E-state index >= 15 is 0 Å². The highest BCUT2D eigenvalue weighted by molar-refractivity contribution is 8.01. The van der Waals surface area contributed by atoms with Gasteiger partial charge < -0.3 is 20.8 Å². The van der Waals surface area contributed by atoms with Crippen LogP contribution in [0, 0.1) is 11.8 Å². The van der Waals surface area contributed by atoms with Crippen molar-refractivity contribution in [3.05, 3.63) is 40.2 Å². The van der Waals surface area contributed by atoms with Crippen LogP contribution < -0.4 is 5.73 Å². The van der Waals surface area contributed by atoms with Crippen LogP contribution >= 0.6 is 11.9 Å². The molecule has 4 heterocycles. The summed E-state index contributed by atoms with van der Waals surface area (Å²) in [5, 5.41) is 19.8. The second-order valence-electron chi connectivity index (χ2n) is 8.42. The maximum Gasteiger partial charge on any atom is 0.353 e. The molecule has 3 aliphatic heterocycles. The number of hydrogen-bond donors (Lipinski definition) is 3. The van der Waals surface area contributed by atoms with Gasteiger partial charge in [0.2, 0.25) is 5.91 Å². The SMILES string of the molecule is C[C@@H](O)[C@H]1C(=O)N2C(C(=O)O)=C(SN3CCC[C@@H]3Cc3ccnc(C(N)=O)c3)[C@H](C)[C@H]12. The zero-order chi connectivity index (χ0) is 22.4. The summed E-state index contributed by atoms with van der Waals surface area (Å²) in [6.45, 7) is 4.29. The third kappa shape index (κ3) is 3.72. The van der Waals surface area contributed by atoms with Gasteiger partial charge >= 0.3 is 5.97 Å². The summed E-state index contributed by atoms with van der Waals surface area (Å²) in [5.41, 5.74) is 6.54. The second-order valence-corrected chi connectivity index (χ2v) is 9.51. The van der Waals surface area contributed by atoms with Crippen LogP contribution in [0.25, 0.3) is 0 Å². The van der Waals surface area contributed by atoms with E-state index in [0.29, 0.717) is 11.3 Å². The minimum Gasteiger partial charge on any atom is -0.477 e. The topological polar surface area (TPSA) is 137 Å². The Morgan fingerprint density at radius 2 is 2.16 bits per heavy atom. The first kappa shape index (κ1) is 21.8. The van der Waals surface area contributed by atoms with E-state index in [9.17, 15) is 24.6 Å². The number of aliphatic hydroxyl groups excluding tert-OH is 1. The van der Waals surface area contributed by atoms with Crippen molar-refractivity contribution in [2.45, 2.75) is 51.3 Å². The molecule has 0 unspecified atom stereocenters. The Hall–Kier alpha value is -2.43. The largest absolute Gasteiger partial charge is 0.477 e. The molecule has 2 saturated heterocycles. The monoisotopic (exact) mass is 446 g/mol. The minimum atomic E-state index is -1.12. The standard InChI is InChI=1S/C21H26N4O5S/c1-10-16-15(11(2)26)20(28)25(16)17(21(29)30)18(10)31-24-7-3-4-13(24)8-12-5-6-23-14(9-12)19(22)27/h5-6,9-11,13,15-16,26H,3-4,7-8H2,1-2H3,(H2,22,27)(H,29,30)/t10-,11-,13-,15-,16-/m1/s1. The van der Waals surface area contributed by atoms with Gasteiger partial charge in [-0.15, -0.1) is 0 Å². The number of carbonyl (C=O) groups is 3. The average Bonchev–Trinajstić information content (AvgIpc) is 3.23. The van der Waals surface area contributed by atoms with Gasteiger partial charge in [-0.25, -0.2) is 9.10 Å². The first-order valence-corrected chi connectivity index (χ1v) is 11.2. The van der Waals surface area contributed by atoms with Gasteiger partial charge in [0.15, 0.2) is 0 Å². The Bertz CT molecular complexity index is 965. The van der Waals surface area contributed by atoms with Crippen LogP contribution in [0.3, 0.4) is 0 Å². The third-order valence-corrected chi connectivity index (χ3v) is 7.88. The lowest BCUT2D eigenvalue weighted by molar-refractivity contribution is -0.163. The Morgan fingerprint density at radius 1 is 1.42 bits per heavy atom. The summed E-state index contributed by atoms with van der Waals surface area (Å²) in [6, 6.07) is 3.38. The number of primary amides is 1. The van der Waals surface area contributed by atoms with E-state index in [0.717, 1.165) is 24.9 Å². The number of carbonyl (C=O) groups excluding carboxylic acids is 2. The predicted molar refractivity (Wildman–Crippen MR) is 113 cm³/mol. The van der Waals surface area contributed by atoms with Gasteiger partial charge in [0.1, 0.15) is 11.4 Å². The van der Waals surface area contributed by atoms with Crippen molar-refractivity contribution >= 4 is 29.7 Å². The lowest BCUT2D eigenvalue weighted by Gasteiger charge is -2.46. The maximum atomic E-state index is 12.5. The molecule has 0 aliphatic carbocycles. The summed E-state index contributed by atoms with van der Waals surface area (Å²) in [6.07, 6.45) is 3.34. The number of β-lactam (4-membered cyclic amide) rings is 1. The minimum absolute atomic E-state index is 0.0370. The van der Waals surface area contributed by atoms with Crippen molar-refractivity contribution in [3.63, 3.8) is 0 Å². The third-order valence-electron chi connectivity index (χ3n) is 6.40. The molecule has 10 heteroatoms. The normalized spacial score (nSPS) is 29.1. The van der Waals surface area contributed by atoms with Gasteiger partial charge in [0.25, 0.3) is 5.91 Å². The smallest absolute Gasteiger partial charge is 0.353 e. The summed E-state index contributed by atoms with van der Waals surface area (Å²) < 4.78 is 2.17. The van der Waals surface area contributed by atoms with Crippen LogP contribution in [0.15, 0.2) is 28.9 Å². The van der Waals surface area contributed by atoms with E-state index in [1.807, 2.05) is 13.0 Å². The summed E-state index contributed by atoms with van der Waals surface area (Å²) in [7, 11) is 0. The van der Waals surface area contributed by atoms with Crippen molar-refractivity contribution in [2.24, 2.45) is 17.6 Å². The van der Waals surface area contributed by atoms with E-state index in [2.05, 4.69) is 9.29 Å². The molecule has 0 bridgehead atoms. The highest BCUT2D eigenvalue weighted by Gasteiger charge is 2.60. The summed E-state index contributed by atoms with van der Waals surface area (Å²) in [4.78, 5) is 42.0. The van der Waals surface area contributed by atoms with E-state index in [1.165, 1.54) is 16.8 Å². The number of pyridine rings is 1. The molecule has 4 N–H and O–H groups in total. The van der Waals surface area contributed by atoms with Gasteiger partial charge in [-0.2, -0.15) is 0 Å². The number of nitrogens with two attached hydrogens (primary N) is 1. The Morgan fingerprint density at radius 3 is 2.81 bits per heavy atom. The highest BCUT2D eigenvalue weighted by Crippen LogP contribution is 2.52. The van der Waals surface area contributed by atoms with Gasteiger partial charge in [-0.05, 0) is 55.8 Å². The molecule has 166 valence electrons. The number of aromatic nitrogens is 1. The fourth-order valence-corrected chi connectivity index (χ4v) is 6.29. The zero-order valence-electron chi connectivity index (χ0n) is 17.4. The van der Waals surface area contributed by atoms with Crippen LogP contribution in [0.5, 0.6) is 0 Å². The molecule has 1 aromatic rings. The van der Waals surface area contributed by atoms with Crippen LogP contribution in [0.4, 0.5) is 0 Å². The van der Waals surface area contributed by atoms with Crippen molar-refractivity contribution in [1.29, 1.82) is 0 Å². The number of hydrogen-bond acceptors (Lipinski definition) is 7. The fraction of sp³-hybridized carbons (Fsp3) is 0.524. The van der Waals surface area contributed by atoms with Crippen LogP contribution in [-0.4, -0.2) is 66.9 Å². The summed E-state index contributed by atoms with van der Waals surface area (Å²) >= 11 is 1.41. The number of amides is 2. The molecule has 1 aromatic heterocycles. The summed E-state index contributed by atoms with van der Waals surface area (Å²) in [5.74, 6) is -2.76. The van der Waals surface area contributed by atoms with E-state index < -0.39 is 23.9 Å². The molecule has 0 radical (unpaired) electrons. The number of aliphatic hydroxyl groups is 1. The number of rotatable bonds is 7. The lowest BCUT2D eigenvalue weighted by atomic mass is 9.79. The molecule has 2 amide bonds. The van der Waals surface area contributed by atoms with Crippen molar-refractivity contribution < 1.29 is 24.6 Å². The number of carboxylic acids is 1. The van der Waals surface area contributed by atoms with Crippen LogP contribution in [0.2, 0.25) is 0 Å². The first-order valence-electron chi connectivity index (χ1n) is 10.4. The zero-order valence-corrected chi connectivity index (χ0v) is 18.2. The number of nitrogens with zero attached hydrogens (tertiary/aromatic N) is 3. The van der Waals surface area contributed by atoms with Crippen LogP contribution in [-0.2, 0) is 16.0 Å². The molecule has 0 aromatic carbocycles. The molecule has 31 heavy (non-hydrogen) atoms. The lowest BCUT2D eigenvalue weighted by Crippen LogP contribution is -2.63. The molecule has 9 nitrogen and oxygen atoms in total. The first-order chi connectivity index (χ1) is 14.7. The molecule has 5 atom stereocenters. The molecule has 3 aliphatic rings. The van der Waals surface area contributed by atoms with Gasteiger partial charge in [-0.1, -0.05) is 6.92 Å². The number of fused-ring (bicyclic) bond motifs is 1. The van der Waals surface area contributed by atoms with Gasteiger partial charge in [-0.3, -0.25) is 14.6 Å². The molecule has 0 saturated carbocycles.